The summed E-state index contributed by atoms with van der Waals surface area (Å²) in [5.74, 6) is 0.667. The lowest BCUT2D eigenvalue weighted by Gasteiger charge is -2.22. The molecule has 0 spiro atoms. The maximum absolute atomic E-state index is 12.0. The van der Waals surface area contributed by atoms with Crippen molar-refractivity contribution in [3.8, 4) is 0 Å². The summed E-state index contributed by atoms with van der Waals surface area (Å²) in [5, 5.41) is 3.02. The summed E-state index contributed by atoms with van der Waals surface area (Å²) < 4.78 is 0. The predicted molar refractivity (Wildman–Crippen MR) is 82.3 cm³/mol. The molecule has 0 bridgehead atoms. The number of benzene rings is 1. The Morgan fingerprint density at radius 3 is 2.60 bits per heavy atom. The van der Waals surface area contributed by atoms with Crippen molar-refractivity contribution in [1.82, 2.24) is 5.32 Å². The summed E-state index contributed by atoms with van der Waals surface area (Å²) in [6, 6.07) is 9.80. The number of nitrogens with two attached hydrogens (primary N) is 1. The standard InChI is InChI=1S/C17H26N2O/c18-16(12-11-14-7-3-1-4-8-14)17(20)19-13-15-9-5-2-6-10-15/h1,3-4,7-8,15-16H,2,5-6,9-13,18H2,(H,19,20). The van der Waals surface area contributed by atoms with Gasteiger partial charge in [0.1, 0.15) is 0 Å². The van der Waals surface area contributed by atoms with Crippen molar-refractivity contribution in [3.05, 3.63) is 35.9 Å². The topological polar surface area (TPSA) is 55.1 Å². The summed E-state index contributed by atoms with van der Waals surface area (Å²) in [7, 11) is 0. The van der Waals surface area contributed by atoms with Crippen LogP contribution in [0.2, 0.25) is 0 Å². The maximum Gasteiger partial charge on any atom is 0.236 e. The van der Waals surface area contributed by atoms with Crippen LogP contribution >= 0.6 is 0 Å². The Bertz CT molecular complexity index is 399. The van der Waals surface area contributed by atoms with Crippen LogP contribution in [0.5, 0.6) is 0 Å². The highest BCUT2D eigenvalue weighted by atomic mass is 16.2. The van der Waals surface area contributed by atoms with E-state index >= 15 is 0 Å². The molecule has 0 aliphatic heterocycles. The SMILES string of the molecule is NC(CCc1ccccc1)C(=O)NCC1CCCCC1. The second kappa shape index (κ2) is 8.05. The number of carbonyl (C=O) groups is 1. The highest BCUT2D eigenvalue weighted by Gasteiger charge is 2.17. The number of nitrogens with one attached hydrogen (secondary N) is 1. The van der Waals surface area contributed by atoms with Crippen molar-refractivity contribution < 1.29 is 4.79 Å². The van der Waals surface area contributed by atoms with E-state index in [0.29, 0.717) is 12.3 Å². The number of hydrogen-bond acceptors (Lipinski definition) is 2. The van der Waals surface area contributed by atoms with Crippen LogP contribution in [0.4, 0.5) is 0 Å². The molecule has 0 heterocycles. The van der Waals surface area contributed by atoms with Gasteiger partial charge >= 0.3 is 0 Å². The van der Waals surface area contributed by atoms with Gasteiger partial charge in [0.25, 0.3) is 0 Å². The van der Waals surface area contributed by atoms with E-state index in [1.165, 1.54) is 37.7 Å². The average molecular weight is 274 g/mol. The first-order chi connectivity index (χ1) is 9.75. The van der Waals surface area contributed by atoms with Crippen LogP contribution in [0.1, 0.15) is 44.1 Å². The molecule has 1 aromatic carbocycles. The molecule has 3 N–H and O–H groups in total. The highest BCUT2D eigenvalue weighted by Crippen LogP contribution is 2.22. The molecule has 0 aromatic heterocycles. The fraction of sp³-hybridized carbons (Fsp3) is 0.588. The summed E-state index contributed by atoms with van der Waals surface area (Å²) in [6.07, 6.45) is 8.03. The van der Waals surface area contributed by atoms with E-state index < -0.39 is 6.04 Å². The number of carbonyl (C=O) groups excluding carboxylic acids is 1. The second-order valence-corrected chi connectivity index (χ2v) is 5.88. The van der Waals surface area contributed by atoms with Crippen molar-refractivity contribution in [2.75, 3.05) is 6.54 Å². The molecule has 0 radical (unpaired) electrons. The van der Waals surface area contributed by atoms with Crippen molar-refractivity contribution in [3.63, 3.8) is 0 Å². The first-order valence-corrected chi connectivity index (χ1v) is 7.83. The van der Waals surface area contributed by atoms with Crippen LogP contribution in [0.3, 0.4) is 0 Å². The number of hydrogen-bond donors (Lipinski definition) is 2. The second-order valence-electron chi connectivity index (χ2n) is 5.88. The summed E-state index contributed by atoms with van der Waals surface area (Å²) in [5.41, 5.74) is 7.21. The molecule has 2 rings (SSSR count). The molecule has 1 aromatic rings. The lowest BCUT2D eigenvalue weighted by atomic mass is 9.89. The summed E-state index contributed by atoms with van der Waals surface area (Å²) in [4.78, 5) is 12.0. The van der Waals surface area contributed by atoms with Crippen LogP contribution in [0.15, 0.2) is 30.3 Å². The molecule has 1 amide bonds. The Kier molecular flexibility index (Phi) is 6.06. The van der Waals surface area contributed by atoms with E-state index in [0.717, 1.165) is 13.0 Å². The van der Waals surface area contributed by atoms with E-state index in [4.69, 9.17) is 5.73 Å². The molecule has 1 fully saturated rings. The van der Waals surface area contributed by atoms with Gasteiger partial charge in [-0.05, 0) is 37.2 Å². The van der Waals surface area contributed by atoms with Crippen molar-refractivity contribution in [2.24, 2.45) is 11.7 Å². The van der Waals surface area contributed by atoms with E-state index in [1.54, 1.807) is 0 Å². The Hall–Kier alpha value is -1.35. The van der Waals surface area contributed by atoms with E-state index in [1.807, 2.05) is 18.2 Å². The van der Waals surface area contributed by atoms with Gasteiger partial charge < -0.3 is 11.1 Å². The maximum atomic E-state index is 12.0. The first-order valence-electron chi connectivity index (χ1n) is 7.83. The Labute approximate surface area is 121 Å². The number of rotatable bonds is 6. The molecule has 0 saturated heterocycles. The molecule has 3 heteroatoms. The molecule has 20 heavy (non-hydrogen) atoms. The Morgan fingerprint density at radius 1 is 1.20 bits per heavy atom. The molecule has 1 aliphatic rings. The van der Waals surface area contributed by atoms with Crippen LogP contribution in [-0.2, 0) is 11.2 Å². The number of aryl methyl sites for hydroxylation is 1. The normalized spacial score (nSPS) is 17.6. The summed E-state index contributed by atoms with van der Waals surface area (Å²) >= 11 is 0. The first kappa shape index (κ1) is 15.0. The lowest BCUT2D eigenvalue weighted by molar-refractivity contribution is -0.122. The molecular formula is C17H26N2O. The van der Waals surface area contributed by atoms with Crippen LogP contribution in [0.25, 0.3) is 0 Å². The molecule has 1 unspecified atom stereocenters. The van der Waals surface area contributed by atoms with Gasteiger partial charge in [0.2, 0.25) is 5.91 Å². The predicted octanol–water partition coefficient (Wildman–Crippen LogP) is 2.64. The van der Waals surface area contributed by atoms with E-state index in [-0.39, 0.29) is 5.91 Å². The van der Waals surface area contributed by atoms with E-state index in [9.17, 15) is 4.79 Å². The minimum Gasteiger partial charge on any atom is -0.354 e. The van der Waals surface area contributed by atoms with Gasteiger partial charge in [-0.3, -0.25) is 4.79 Å². The lowest BCUT2D eigenvalue weighted by Crippen LogP contribution is -2.42. The molecule has 1 aliphatic carbocycles. The monoisotopic (exact) mass is 274 g/mol. The third-order valence-electron chi connectivity index (χ3n) is 4.21. The highest BCUT2D eigenvalue weighted by molar-refractivity contribution is 5.81. The molecule has 110 valence electrons. The van der Waals surface area contributed by atoms with Crippen LogP contribution < -0.4 is 11.1 Å². The average Bonchev–Trinajstić information content (AvgIpc) is 2.52. The van der Waals surface area contributed by atoms with E-state index in [2.05, 4.69) is 17.4 Å². The Morgan fingerprint density at radius 2 is 1.90 bits per heavy atom. The Balaban J connectivity index is 1.66. The van der Waals surface area contributed by atoms with Gasteiger partial charge in [0.15, 0.2) is 0 Å². The van der Waals surface area contributed by atoms with Gasteiger partial charge in [-0.2, -0.15) is 0 Å². The van der Waals surface area contributed by atoms with Gasteiger partial charge in [-0.25, -0.2) is 0 Å². The summed E-state index contributed by atoms with van der Waals surface area (Å²) in [6.45, 7) is 0.803. The van der Waals surface area contributed by atoms with Gasteiger partial charge in [-0.1, -0.05) is 49.6 Å². The minimum atomic E-state index is -0.390. The zero-order chi connectivity index (χ0) is 14.2. The zero-order valence-corrected chi connectivity index (χ0v) is 12.2. The molecule has 3 nitrogen and oxygen atoms in total. The van der Waals surface area contributed by atoms with Crippen LogP contribution in [0, 0.1) is 5.92 Å². The van der Waals surface area contributed by atoms with Crippen LogP contribution in [-0.4, -0.2) is 18.5 Å². The van der Waals surface area contributed by atoms with Crippen molar-refractivity contribution in [1.29, 1.82) is 0 Å². The molecule has 1 saturated carbocycles. The third-order valence-corrected chi connectivity index (χ3v) is 4.21. The van der Waals surface area contributed by atoms with Crippen molar-refractivity contribution >= 4 is 5.91 Å². The number of amides is 1. The van der Waals surface area contributed by atoms with Gasteiger partial charge in [-0.15, -0.1) is 0 Å². The van der Waals surface area contributed by atoms with Gasteiger partial charge in [0.05, 0.1) is 6.04 Å². The quantitative estimate of drug-likeness (QED) is 0.838. The third kappa shape index (κ3) is 4.97. The van der Waals surface area contributed by atoms with Gasteiger partial charge in [0, 0.05) is 6.54 Å². The molecule has 1 atom stereocenters. The largest absolute Gasteiger partial charge is 0.354 e. The molecular weight excluding hydrogens is 248 g/mol. The zero-order valence-electron chi connectivity index (χ0n) is 12.2. The smallest absolute Gasteiger partial charge is 0.236 e. The van der Waals surface area contributed by atoms with Crippen molar-refractivity contribution in [2.45, 2.75) is 51.0 Å². The fourth-order valence-electron chi connectivity index (χ4n) is 2.87. The fourth-order valence-corrected chi connectivity index (χ4v) is 2.87. The minimum absolute atomic E-state index is 0.00602.